The van der Waals surface area contributed by atoms with Crippen LogP contribution >= 0.6 is 7.82 Å². The summed E-state index contributed by atoms with van der Waals surface area (Å²) in [7, 11) is 1.15. The molecule has 0 aromatic carbocycles. The summed E-state index contributed by atoms with van der Waals surface area (Å²) in [5.41, 5.74) is 0. The molecule has 1 N–H and O–H groups in total. The number of phosphoric acid groups is 1. The van der Waals surface area contributed by atoms with Gasteiger partial charge in [-0.3, -0.25) is 14.2 Å². The highest BCUT2D eigenvalue weighted by molar-refractivity contribution is 7.45. The number of allylic oxidation sites excluding steroid dienone is 15. The maximum Gasteiger partial charge on any atom is 0.306 e. The molecule has 420 valence electrons. The van der Waals surface area contributed by atoms with E-state index in [0.717, 1.165) is 122 Å². The second kappa shape index (κ2) is 52.4. The second-order valence-corrected chi connectivity index (χ2v) is 22.2. The predicted molar refractivity (Wildman–Crippen MR) is 311 cm³/mol. The van der Waals surface area contributed by atoms with Crippen LogP contribution in [0.15, 0.2) is 97.2 Å². The van der Waals surface area contributed by atoms with Crippen molar-refractivity contribution in [3.8, 4) is 0 Å². The van der Waals surface area contributed by atoms with E-state index in [1.54, 1.807) is 0 Å². The number of hydrogen-bond donors (Lipinski definition) is 1. The summed E-state index contributed by atoms with van der Waals surface area (Å²) in [6, 6.07) is -0.909. The van der Waals surface area contributed by atoms with Crippen LogP contribution in [-0.2, 0) is 27.9 Å². The standard InChI is InChI=1S/C63H111N2O7P/c1-7-10-13-16-19-22-25-27-28-29-30-31-32-33-34-35-36-38-41-43-46-49-52-55-62(66)64-60(59-71-73(68,69)70-58-57-65(4,5)6)61(54-51-48-45-42-40-37-26-23-20-17-14-11-8-2)72-63(67)56-53-50-47-44-39-24-21-18-15-12-9-3/h10,13,18-19,21-22,27-28,30-31,33-34,36,38,51,54,60-61H,7-9,11-12,14-17,20,23-26,29,32,35,37,39-50,52-53,55-59H2,1-6H3,(H-,64,66,68,69)/b13-10-,21-18-,22-19-,28-27-,31-30-,34-33-,38-36-,54-51+. The van der Waals surface area contributed by atoms with Gasteiger partial charge in [0.05, 0.1) is 33.8 Å². The minimum atomic E-state index is -4.71. The minimum absolute atomic E-state index is 0.0334. The molecule has 10 heteroatoms. The van der Waals surface area contributed by atoms with Gasteiger partial charge in [-0.15, -0.1) is 0 Å². The van der Waals surface area contributed by atoms with Crippen molar-refractivity contribution in [2.75, 3.05) is 40.9 Å². The summed E-state index contributed by atoms with van der Waals surface area (Å²) in [6.07, 6.45) is 69.4. The Morgan fingerprint density at radius 1 is 0.493 bits per heavy atom. The van der Waals surface area contributed by atoms with E-state index in [-0.39, 0.29) is 31.3 Å². The highest BCUT2D eigenvalue weighted by Gasteiger charge is 2.27. The molecule has 0 aliphatic rings. The lowest BCUT2D eigenvalue weighted by atomic mass is 10.0. The van der Waals surface area contributed by atoms with E-state index in [4.69, 9.17) is 13.8 Å². The first-order valence-corrected chi connectivity index (χ1v) is 31.0. The minimum Gasteiger partial charge on any atom is -0.756 e. The number of ether oxygens (including phenoxy) is 1. The average Bonchev–Trinajstić information content (AvgIpc) is 3.35. The van der Waals surface area contributed by atoms with Crippen LogP contribution in [0.3, 0.4) is 0 Å². The van der Waals surface area contributed by atoms with Gasteiger partial charge in [-0.2, -0.15) is 0 Å². The largest absolute Gasteiger partial charge is 0.756 e. The van der Waals surface area contributed by atoms with E-state index in [9.17, 15) is 19.0 Å². The van der Waals surface area contributed by atoms with Crippen LogP contribution in [0.1, 0.15) is 239 Å². The first kappa shape index (κ1) is 69.9. The number of hydrogen-bond acceptors (Lipinski definition) is 7. The van der Waals surface area contributed by atoms with E-state index in [2.05, 4.69) is 111 Å². The van der Waals surface area contributed by atoms with Gasteiger partial charge in [0.25, 0.3) is 7.82 Å². The highest BCUT2D eigenvalue weighted by atomic mass is 31.2. The van der Waals surface area contributed by atoms with E-state index in [0.29, 0.717) is 23.9 Å². The molecular weight excluding hydrogens is 928 g/mol. The van der Waals surface area contributed by atoms with Crippen LogP contribution in [-0.4, -0.2) is 69.4 Å². The third kappa shape index (κ3) is 53.6. The van der Waals surface area contributed by atoms with Crippen molar-refractivity contribution in [2.45, 2.75) is 251 Å². The third-order valence-corrected chi connectivity index (χ3v) is 13.5. The molecular formula is C63H111N2O7P. The Kier molecular flexibility index (Phi) is 50.2. The van der Waals surface area contributed by atoms with Crippen LogP contribution in [0.5, 0.6) is 0 Å². The molecule has 9 nitrogen and oxygen atoms in total. The zero-order valence-corrected chi connectivity index (χ0v) is 48.7. The third-order valence-electron chi connectivity index (χ3n) is 12.5. The summed E-state index contributed by atoms with van der Waals surface area (Å²) < 4.78 is 30.2. The normalized spacial score (nSPS) is 14.5. The fourth-order valence-electron chi connectivity index (χ4n) is 7.92. The van der Waals surface area contributed by atoms with E-state index < -0.39 is 26.6 Å². The molecule has 0 radical (unpaired) electrons. The number of esters is 1. The molecule has 0 aromatic heterocycles. The number of phosphoric ester groups is 1. The smallest absolute Gasteiger partial charge is 0.306 e. The molecule has 0 saturated heterocycles. The van der Waals surface area contributed by atoms with Gasteiger partial charge >= 0.3 is 5.97 Å². The van der Waals surface area contributed by atoms with Crippen molar-refractivity contribution in [3.63, 3.8) is 0 Å². The Morgan fingerprint density at radius 2 is 0.890 bits per heavy atom. The van der Waals surface area contributed by atoms with Crippen molar-refractivity contribution >= 4 is 19.7 Å². The molecule has 0 aliphatic heterocycles. The van der Waals surface area contributed by atoms with Crippen molar-refractivity contribution < 1.29 is 37.3 Å². The number of rotatable bonds is 52. The summed E-state index contributed by atoms with van der Waals surface area (Å²) in [6.45, 7) is 6.65. The number of amides is 1. The lowest BCUT2D eigenvalue weighted by Crippen LogP contribution is -2.47. The summed E-state index contributed by atoms with van der Waals surface area (Å²) in [5, 5.41) is 3.00. The van der Waals surface area contributed by atoms with Crippen LogP contribution in [0, 0.1) is 0 Å². The molecule has 0 spiro atoms. The number of carbonyl (C=O) groups excluding carboxylic acids is 2. The lowest BCUT2D eigenvalue weighted by molar-refractivity contribution is -0.870. The summed E-state index contributed by atoms with van der Waals surface area (Å²) in [4.78, 5) is 39.8. The molecule has 0 aromatic rings. The first-order valence-electron chi connectivity index (χ1n) is 29.5. The second-order valence-electron chi connectivity index (χ2n) is 20.8. The van der Waals surface area contributed by atoms with E-state index in [1.807, 2.05) is 33.3 Å². The number of carbonyl (C=O) groups is 2. The zero-order chi connectivity index (χ0) is 53.6. The first-order chi connectivity index (χ1) is 35.4. The van der Waals surface area contributed by atoms with Crippen molar-refractivity contribution in [3.05, 3.63) is 97.2 Å². The Bertz CT molecular complexity index is 1570. The number of nitrogens with zero attached hydrogens (tertiary/aromatic N) is 1. The van der Waals surface area contributed by atoms with Crippen molar-refractivity contribution in [1.29, 1.82) is 0 Å². The summed E-state index contributed by atoms with van der Waals surface area (Å²) >= 11 is 0. The number of unbranched alkanes of at least 4 members (excludes halogenated alkanes) is 22. The quantitative estimate of drug-likeness (QED) is 0.0212. The van der Waals surface area contributed by atoms with Crippen LogP contribution in [0.4, 0.5) is 0 Å². The van der Waals surface area contributed by atoms with Gasteiger partial charge in [0, 0.05) is 12.8 Å². The maximum absolute atomic E-state index is 13.5. The van der Waals surface area contributed by atoms with E-state index >= 15 is 0 Å². The Balaban J connectivity index is 5.31. The monoisotopic (exact) mass is 1040 g/mol. The van der Waals surface area contributed by atoms with E-state index in [1.165, 1.54) is 70.6 Å². The highest BCUT2D eigenvalue weighted by Crippen LogP contribution is 2.38. The van der Waals surface area contributed by atoms with Gasteiger partial charge < -0.3 is 28.5 Å². The van der Waals surface area contributed by atoms with Gasteiger partial charge in [0.2, 0.25) is 5.91 Å². The molecule has 0 rings (SSSR count). The molecule has 3 unspecified atom stereocenters. The summed E-state index contributed by atoms with van der Waals surface area (Å²) in [5.74, 6) is -0.587. The molecule has 0 aliphatic carbocycles. The van der Waals surface area contributed by atoms with Gasteiger partial charge in [0.1, 0.15) is 19.3 Å². The number of nitrogens with one attached hydrogen (secondary N) is 1. The van der Waals surface area contributed by atoms with Crippen LogP contribution in [0.25, 0.3) is 0 Å². The van der Waals surface area contributed by atoms with Gasteiger partial charge in [-0.1, -0.05) is 221 Å². The van der Waals surface area contributed by atoms with Gasteiger partial charge in [-0.25, -0.2) is 0 Å². The molecule has 0 bridgehead atoms. The van der Waals surface area contributed by atoms with Crippen LogP contribution in [0.2, 0.25) is 0 Å². The fourth-order valence-corrected chi connectivity index (χ4v) is 8.64. The van der Waals surface area contributed by atoms with Crippen LogP contribution < -0.4 is 10.2 Å². The molecule has 1 amide bonds. The molecule has 0 saturated carbocycles. The number of quaternary nitrogens is 1. The van der Waals surface area contributed by atoms with Crippen molar-refractivity contribution in [1.82, 2.24) is 5.32 Å². The average molecular weight is 1040 g/mol. The molecule has 3 atom stereocenters. The lowest BCUT2D eigenvalue weighted by Gasteiger charge is -2.30. The topological polar surface area (TPSA) is 114 Å². The SMILES string of the molecule is CC/C=C\C/C=C\C/C=C\C/C=C\C/C=C\C/C=C\CCCCCCC(=O)NC(COP(=O)([O-])OCC[N+](C)(C)C)C(/C=C/CCCCCCCCCCCCC)OC(=O)CCCCCCC/C=C\CCCC. The number of likely N-dealkylation sites (N-methyl/N-ethyl adjacent to an activating group) is 1. The zero-order valence-electron chi connectivity index (χ0n) is 47.8. The molecule has 0 fully saturated rings. The maximum atomic E-state index is 13.5. The molecule has 0 heterocycles. The Morgan fingerprint density at radius 3 is 1.37 bits per heavy atom. The Hall–Kier alpha value is -3.07. The predicted octanol–water partition coefficient (Wildman–Crippen LogP) is 17.4. The molecule has 73 heavy (non-hydrogen) atoms. The van der Waals surface area contributed by atoms with Gasteiger partial charge in [0.15, 0.2) is 0 Å². The van der Waals surface area contributed by atoms with Gasteiger partial charge in [-0.05, 0) is 102 Å². The van der Waals surface area contributed by atoms with Crippen molar-refractivity contribution in [2.24, 2.45) is 0 Å². The Labute approximate surface area is 449 Å². The fraction of sp³-hybridized carbons (Fsp3) is 0.714.